The van der Waals surface area contributed by atoms with Crippen molar-refractivity contribution in [3.05, 3.63) is 28.2 Å². The molecule has 0 aliphatic carbocycles. The van der Waals surface area contributed by atoms with Crippen molar-refractivity contribution in [3.8, 4) is 11.8 Å². The summed E-state index contributed by atoms with van der Waals surface area (Å²) in [6.07, 6.45) is 0.382. The summed E-state index contributed by atoms with van der Waals surface area (Å²) >= 11 is 3.38. The third kappa shape index (κ3) is 3.93. The van der Waals surface area contributed by atoms with Crippen LogP contribution in [0.1, 0.15) is 19.4 Å². The molecule has 0 saturated heterocycles. The van der Waals surface area contributed by atoms with Crippen LogP contribution in [0.4, 0.5) is 0 Å². The summed E-state index contributed by atoms with van der Waals surface area (Å²) in [7, 11) is 0. The molecule has 3 heteroatoms. The fourth-order valence-electron chi connectivity index (χ4n) is 1.17. The SMILES string of the molecule is CC(C)COc1ccc(Br)cc1CC#N. The molecular weight excluding hydrogens is 254 g/mol. The summed E-state index contributed by atoms with van der Waals surface area (Å²) in [5.41, 5.74) is 0.938. The van der Waals surface area contributed by atoms with Crippen molar-refractivity contribution >= 4 is 15.9 Å². The van der Waals surface area contributed by atoms with Crippen molar-refractivity contribution in [2.24, 2.45) is 5.92 Å². The summed E-state index contributed by atoms with van der Waals surface area (Å²) in [6.45, 7) is 4.88. The number of nitriles is 1. The van der Waals surface area contributed by atoms with E-state index < -0.39 is 0 Å². The molecule has 0 heterocycles. The van der Waals surface area contributed by atoms with Gasteiger partial charge in [0.25, 0.3) is 0 Å². The van der Waals surface area contributed by atoms with Gasteiger partial charge < -0.3 is 4.74 Å². The smallest absolute Gasteiger partial charge is 0.123 e. The molecule has 0 unspecified atom stereocenters. The summed E-state index contributed by atoms with van der Waals surface area (Å²) in [5, 5.41) is 8.69. The normalized spacial score (nSPS) is 10.1. The lowest BCUT2D eigenvalue weighted by Gasteiger charge is -2.11. The standard InChI is InChI=1S/C12H14BrNO/c1-9(2)8-15-12-4-3-11(13)7-10(12)5-6-14/h3-4,7,9H,5,8H2,1-2H3. The third-order valence-electron chi connectivity index (χ3n) is 1.86. The first-order chi connectivity index (χ1) is 7.13. The van der Waals surface area contributed by atoms with Gasteiger partial charge in [0.2, 0.25) is 0 Å². The third-order valence-corrected chi connectivity index (χ3v) is 2.36. The lowest BCUT2D eigenvalue weighted by Crippen LogP contribution is -2.06. The van der Waals surface area contributed by atoms with Crippen molar-refractivity contribution in [3.63, 3.8) is 0 Å². The maximum atomic E-state index is 8.69. The Hall–Kier alpha value is -1.01. The van der Waals surface area contributed by atoms with Crippen LogP contribution in [0.25, 0.3) is 0 Å². The summed E-state index contributed by atoms with van der Waals surface area (Å²) < 4.78 is 6.61. The number of nitrogens with zero attached hydrogens (tertiary/aromatic N) is 1. The van der Waals surface area contributed by atoms with Crippen LogP contribution in [0, 0.1) is 17.2 Å². The van der Waals surface area contributed by atoms with Gasteiger partial charge >= 0.3 is 0 Å². The average Bonchev–Trinajstić information content (AvgIpc) is 2.17. The zero-order valence-electron chi connectivity index (χ0n) is 8.96. The molecular formula is C12H14BrNO. The molecule has 80 valence electrons. The number of hydrogen-bond donors (Lipinski definition) is 0. The summed E-state index contributed by atoms with van der Waals surface area (Å²) in [5.74, 6) is 1.30. The molecule has 0 radical (unpaired) electrons. The van der Waals surface area contributed by atoms with Gasteiger partial charge in [-0.15, -0.1) is 0 Å². The molecule has 1 rings (SSSR count). The van der Waals surface area contributed by atoms with Crippen molar-refractivity contribution in [2.75, 3.05) is 6.61 Å². The van der Waals surface area contributed by atoms with Gasteiger partial charge in [-0.3, -0.25) is 0 Å². The molecule has 0 fully saturated rings. The van der Waals surface area contributed by atoms with E-state index in [0.29, 0.717) is 18.9 Å². The van der Waals surface area contributed by atoms with Gasteiger partial charge in [-0.05, 0) is 24.1 Å². The van der Waals surface area contributed by atoms with E-state index in [1.807, 2.05) is 18.2 Å². The molecule has 0 aliphatic rings. The maximum absolute atomic E-state index is 8.69. The zero-order chi connectivity index (χ0) is 11.3. The Morgan fingerprint density at radius 3 is 2.80 bits per heavy atom. The van der Waals surface area contributed by atoms with Gasteiger partial charge in [-0.2, -0.15) is 5.26 Å². The van der Waals surface area contributed by atoms with Crippen LogP contribution in [-0.2, 0) is 6.42 Å². The number of benzene rings is 1. The minimum atomic E-state index is 0.382. The van der Waals surface area contributed by atoms with E-state index in [-0.39, 0.29) is 0 Å². The highest BCUT2D eigenvalue weighted by Gasteiger charge is 2.05. The van der Waals surface area contributed by atoms with Crippen molar-refractivity contribution in [1.82, 2.24) is 0 Å². The highest BCUT2D eigenvalue weighted by Crippen LogP contribution is 2.24. The zero-order valence-corrected chi connectivity index (χ0v) is 10.5. The van der Waals surface area contributed by atoms with Crippen LogP contribution in [-0.4, -0.2) is 6.61 Å². The molecule has 0 spiro atoms. The molecule has 0 aromatic heterocycles. The Labute approximate surface area is 99.0 Å². The molecule has 0 bridgehead atoms. The van der Waals surface area contributed by atoms with Crippen molar-refractivity contribution < 1.29 is 4.74 Å². The van der Waals surface area contributed by atoms with Gasteiger partial charge in [-0.1, -0.05) is 29.8 Å². The molecule has 1 aromatic carbocycles. The second-order valence-electron chi connectivity index (χ2n) is 3.79. The van der Waals surface area contributed by atoms with E-state index in [1.54, 1.807) is 0 Å². The van der Waals surface area contributed by atoms with Crippen LogP contribution in [0.15, 0.2) is 22.7 Å². The first kappa shape index (κ1) is 12.1. The second kappa shape index (κ2) is 5.77. The Bertz CT molecular complexity index is 368. The Morgan fingerprint density at radius 1 is 1.47 bits per heavy atom. The topological polar surface area (TPSA) is 33.0 Å². The minimum Gasteiger partial charge on any atom is -0.493 e. The number of rotatable bonds is 4. The maximum Gasteiger partial charge on any atom is 0.123 e. The first-order valence-electron chi connectivity index (χ1n) is 4.91. The van der Waals surface area contributed by atoms with E-state index in [2.05, 4.69) is 35.8 Å². The molecule has 0 N–H and O–H groups in total. The van der Waals surface area contributed by atoms with E-state index in [9.17, 15) is 0 Å². The minimum absolute atomic E-state index is 0.382. The second-order valence-corrected chi connectivity index (χ2v) is 4.71. The van der Waals surface area contributed by atoms with Gasteiger partial charge in [0.1, 0.15) is 5.75 Å². The van der Waals surface area contributed by atoms with E-state index in [0.717, 1.165) is 15.8 Å². The first-order valence-corrected chi connectivity index (χ1v) is 5.71. The number of halogens is 1. The molecule has 0 amide bonds. The lowest BCUT2D eigenvalue weighted by atomic mass is 10.1. The molecule has 2 nitrogen and oxygen atoms in total. The van der Waals surface area contributed by atoms with E-state index >= 15 is 0 Å². The fourth-order valence-corrected chi connectivity index (χ4v) is 1.58. The molecule has 0 saturated carbocycles. The van der Waals surface area contributed by atoms with E-state index in [1.165, 1.54) is 0 Å². The van der Waals surface area contributed by atoms with Crippen molar-refractivity contribution in [2.45, 2.75) is 20.3 Å². The van der Waals surface area contributed by atoms with Crippen LogP contribution in [0.2, 0.25) is 0 Å². The molecule has 15 heavy (non-hydrogen) atoms. The average molecular weight is 268 g/mol. The predicted molar refractivity (Wildman–Crippen MR) is 63.8 cm³/mol. The number of ether oxygens (including phenoxy) is 1. The van der Waals surface area contributed by atoms with Crippen LogP contribution < -0.4 is 4.74 Å². The van der Waals surface area contributed by atoms with Crippen LogP contribution in [0.5, 0.6) is 5.75 Å². The molecule has 0 aliphatic heterocycles. The summed E-state index contributed by atoms with van der Waals surface area (Å²) in [4.78, 5) is 0. The van der Waals surface area contributed by atoms with Crippen LogP contribution in [0.3, 0.4) is 0 Å². The lowest BCUT2D eigenvalue weighted by molar-refractivity contribution is 0.269. The van der Waals surface area contributed by atoms with Gasteiger partial charge in [0.15, 0.2) is 0 Å². The Morgan fingerprint density at radius 2 is 2.20 bits per heavy atom. The fraction of sp³-hybridized carbons (Fsp3) is 0.417. The van der Waals surface area contributed by atoms with E-state index in [4.69, 9.17) is 10.00 Å². The Balaban J connectivity index is 2.81. The quantitative estimate of drug-likeness (QED) is 0.836. The van der Waals surface area contributed by atoms with Gasteiger partial charge in [0.05, 0.1) is 19.1 Å². The molecule has 0 atom stereocenters. The Kier molecular flexibility index (Phi) is 4.64. The summed E-state index contributed by atoms with van der Waals surface area (Å²) in [6, 6.07) is 7.90. The highest BCUT2D eigenvalue weighted by molar-refractivity contribution is 9.10. The van der Waals surface area contributed by atoms with Crippen molar-refractivity contribution in [1.29, 1.82) is 5.26 Å². The van der Waals surface area contributed by atoms with Gasteiger partial charge in [0, 0.05) is 10.0 Å². The monoisotopic (exact) mass is 267 g/mol. The largest absolute Gasteiger partial charge is 0.493 e. The van der Waals surface area contributed by atoms with Crippen LogP contribution >= 0.6 is 15.9 Å². The molecule has 1 aromatic rings. The van der Waals surface area contributed by atoms with Gasteiger partial charge in [-0.25, -0.2) is 0 Å². The predicted octanol–water partition coefficient (Wildman–Crippen LogP) is 3.55. The number of hydrogen-bond acceptors (Lipinski definition) is 2. The highest BCUT2D eigenvalue weighted by atomic mass is 79.9.